The van der Waals surface area contributed by atoms with E-state index in [1.54, 1.807) is 0 Å². The standard InChI is InChI=1S/C6H4BrF3I2N2/c7-3(6(8,9)10)1-14-2-13-4(11)5(14)12/h2-3H,1H2. The Balaban J connectivity index is 2.75. The zero-order valence-electron chi connectivity index (χ0n) is 6.52. The molecule has 1 aromatic heterocycles. The second kappa shape index (κ2) is 4.85. The normalized spacial score (nSPS) is 14.4. The Hall–Kier alpha value is 0.940. The highest BCUT2D eigenvalue weighted by molar-refractivity contribution is 14.1. The summed E-state index contributed by atoms with van der Waals surface area (Å²) in [6, 6.07) is 0. The van der Waals surface area contributed by atoms with Gasteiger partial charge in [-0.3, -0.25) is 0 Å². The molecular formula is C6H4BrF3I2N2. The average molecular weight is 495 g/mol. The first-order chi connectivity index (χ1) is 6.32. The molecule has 0 radical (unpaired) electrons. The second-order valence-corrected chi connectivity index (χ2v) is 5.64. The third-order valence-electron chi connectivity index (χ3n) is 1.45. The third-order valence-corrected chi connectivity index (χ3v) is 5.21. The fourth-order valence-corrected chi connectivity index (χ4v) is 1.95. The van der Waals surface area contributed by atoms with Crippen molar-refractivity contribution in [2.24, 2.45) is 0 Å². The zero-order chi connectivity index (χ0) is 10.9. The van der Waals surface area contributed by atoms with Gasteiger partial charge in [0.1, 0.15) is 12.2 Å². The van der Waals surface area contributed by atoms with E-state index in [2.05, 4.69) is 20.9 Å². The predicted octanol–water partition coefficient (Wildman–Crippen LogP) is 3.42. The number of aromatic nitrogens is 2. The highest BCUT2D eigenvalue weighted by atomic mass is 127. The molecule has 0 aliphatic carbocycles. The van der Waals surface area contributed by atoms with Gasteiger partial charge in [0.15, 0.2) is 0 Å². The SMILES string of the molecule is FC(F)(F)C(Br)Cn1cnc(I)c1I. The zero-order valence-corrected chi connectivity index (χ0v) is 12.4. The van der Waals surface area contributed by atoms with E-state index < -0.39 is 11.0 Å². The molecule has 0 fully saturated rings. The fourth-order valence-electron chi connectivity index (χ4n) is 0.746. The molecule has 0 bridgehead atoms. The van der Waals surface area contributed by atoms with Gasteiger partial charge in [-0.05, 0) is 45.2 Å². The van der Waals surface area contributed by atoms with Crippen LogP contribution in [0.5, 0.6) is 0 Å². The highest BCUT2D eigenvalue weighted by Gasteiger charge is 2.38. The van der Waals surface area contributed by atoms with Gasteiger partial charge in [0.25, 0.3) is 0 Å². The van der Waals surface area contributed by atoms with Gasteiger partial charge in [-0.25, -0.2) is 4.98 Å². The molecule has 0 aliphatic heterocycles. The minimum atomic E-state index is -4.22. The van der Waals surface area contributed by atoms with Crippen LogP contribution in [-0.4, -0.2) is 20.6 Å². The molecule has 0 spiro atoms. The van der Waals surface area contributed by atoms with Gasteiger partial charge in [-0.2, -0.15) is 13.2 Å². The van der Waals surface area contributed by atoms with Crippen LogP contribution in [0.2, 0.25) is 0 Å². The first-order valence-electron chi connectivity index (χ1n) is 3.39. The van der Waals surface area contributed by atoms with Crippen LogP contribution in [0.15, 0.2) is 6.33 Å². The molecule has 8 heteroatoms. The first kappa shape index (κ1) is 13.0. The van der Waals surface area contributed by atoms with Crippen molar-refractivity contribution < 1.29 is 13.2 Å². The largest absolute Gasteiger partial charge is 0.402 e. The Morgan fingerprint density at radius 2 is 2.07 bits per heavy atom. The molecular weight excluding hydrogens is 491 g/mol. The summed E-state index contributed by atoms with van der Waals surface area (Å²) in [5, 5.41) is 0. The van der Waals surface area contributed by atoms with Crippen LogP contribution < -0.4 is 0 Å². The second-order valence-electron chi connectivity index (χ2n) is 2.49. The number of rotatable bonds is 2. The van der Waals surface area contributed by atoms with E-state index in [-0.39, 0.29) is 6.54 Å². The van der Waals surface area contributed by atoms with Crippen molar-refractivity contribution in [3.8, 4) is 0 Å². The van der Waals surface area contributed by atoms with E-state index in [0.29, 0.717) is 3.70 Å². The minimum absolute atomic E-state index is 0.155. The Kier molecular flexibility index (Phi) is 4.51. The Morgan fingerprint density at radius 1 is 1.50 bits per heavy atom. The molecule has 0 aromatic carbocycles. The number of imidazole rings is 1. The molecule has 0 saturated carbocycles. The van der Waals surface area contributed by atoms with Gasteiger partial charge in [-0.15, -0.1) is 0 Å². The summed E-state index contributed by atoms with van der Waals surface area (Å²) >= 11 is 6.54. The lowest BCUT2D eigenvalue weighted by Gasteiger charge is -2.14. The smallest absolute Gasteiger partial charge is 0.324 e. The maximum atomic E-state index is 12.2. The summed E-state index contributed by atoms with van der Waals surface area (Å²) in [6.07, 6.45) is -2.82. The first-order valence-corrected chi connectivity index (χ1v) is 6.46. The van der Waals surface area contributed by atoms with Crippen LogP contribution in [0, 0.1) is 7.40 Å². The Morgan fingerprint density at radius 3 is 2.43 bits per heavy atom. The van der Waals surface area contributed by atoms with E-state index in [1.807, 2.05) is 45.2 Å². The van der Waals surface area contributed by atoms with Crippen LogP contribution in [0.25, 0.3) is 0 Å². The average Bonchev–Trinajstić information content (AvgIpc) is 2.34. The molecule has 0 amide bonds. The summed E-state index contributed by atoms with van der Waals surface area (Å²) < 4.78 is 39.5. The summed E-state index contributed by atoms with van der Waals surface area (Å²) in [6.45, 7) is -0.155. The minimum Gasteiger partial charge on any atom is -0.324 e. The van der Waals surface area contributed by atoms with E-state index in [9.17, 15) is 13.2 Å². The predicted molar refractivity (Wildman–Crippen MR) is 66.4 cm³/mol. The van der Waals surface area contributed by atoms with Gasteiger partial charge in [0, 0.05) is 6.54 Å². The lowest BCUT2D eigenvalue weighted by atomic mass is 10.4. The maximum Gasteiger partial charge on any atom is 0.402 e. The third kappa shape index (κ3) is 3.22. The van der Waals surface area contributed by atoms with Crippen LogP contribution in [-0.2, 0) is 6.54 Å². The Bertz CT molecular complexity index is 325. The number of hydrogen-bond donors (Lipinski definition) is 0. The summed E-state index contributed by atoms with van der Waals surface area (Å²) in [5.74, 6) is 0. The van der Waals surface area contributed by atoms with Crippen molar-refractivity contribution in [3.63, 3.8) is 0 Å². The van der Waals surface area contributed by atoms with Gasteiger partial charge in [0.05, 0.1) is 6.33 Å². The van der Waals surface area contributed by atoms with Crippen molar-refractivity contribution in [3.05, 3.63) is 13.7 Å². The van der Waals surface area contributed by atoms with Crippen LogP contribution in [0.4, 0.5) is 13.2 Å². The number of nitrogens with zero attached hydrogens (tertiary/aromatic N) is 2. The topological polar surface area (TPSA) is 17.8 Å². The summed E-state index contributed by atoms with van der Waals surface area (Å²) in [4.78, 5) is 2.37. The molecule has 14 heavy (non-hydrogen) atoms. The van der Waals surface area contributed by atoms with Crippen LogP contribution in [0.3, 0.4) is 0 Å². The molecule has 0 aliphatic rings. The van der Waals surface area contributed by atoms with Crippen molar-refractivity contribution in [1.29, 1.82) is 0 Å². The lowest BCUT2D eigenvalue weighted by Crippen LogP contribution is -2.27. The van der Waals surface area contributed by atoms with Crippen molar-refractivity contribution >= 4 is 61.1 Å². The summed E-state index contributed by atoms with van der Waals surface area (Å²) in [7, 11) is 0. The monoisotopic (exact) mass is 494 g/mol. The molecule has 0 saturated heterocycles. The van der Waals surface area contributed by atoms with E-state index >= 15 is 0 Å². The van der Waals surface area contributed by atoms with Crippen molar-refractivity contribution in [2.45, 2.75) is 17.5 Å². The van der Waals surface area contributed by atoms with Crippen LogP contribution in [0.1, 0.15) is 0 Å². The molecule has 1 heterocycles. The number of alkyl halides is 4. The highest BCUT2D eigenvalue weighted by Crippen LogP contribution is 2.28. The molecule has 1 aromatic rings. The van der Waals surface area contributed by atoms with Gasteiger partial charge < -0.3 is 4.57 Å². The van der Waals surface area contributed by atoms with Crippen molar-refractivity contribution in [2.75, 3.05) is 0 Å². The molecule has 1 unspecified atom stereocenters. The maximum absolute atomic E-state index is 12.2. The van der Waals surface area contributed by atoms with E-state index in [0.717, 1.165) is 3.70 Å². The Labute approximate surface area is 114 Å². The molecule has 1 atom stereocenters. The molecule has 80 valence electrons. The van der Waals surface area contributed by atoms with Gasteiger partial charge in [-0.1, -0.05) is 15.9 Å². The molecule has 1 rings (SSSR count). The lowest BCUT2D eigenvalue weighted by molar-refractivity contribution is -0.129. The number of halogens is 6. The number of hydrogen-bond acceptors (Lipinski definition) is 1. The van der Waals surface area contributed by atoms with Gasteiger partial charge in [0.2, 0.25) is 0 Å². The van der Waals surface area contributed by atoms with Crippen LogP contribution >= 0.6 is 61.1 Å². The summed E-state index contributed by atoms with van der Waals surface area (Å²) in [5.41, 5.74) is 0. The fraction of sp³-hybridized carbons (Fsp3) is 0.500. The quantitative estimate of drug-likeness (QED) is 0.455. The van der Waals surface area contributed by atoms with E-state index in [1.165, 1.54) is 10.9 Å². The van der Waals surface area contributed by atoms with Crippen molar-refractivity contribution in [1.82, 2.24) is 9.55 Å². The van der Waals surface area contributed by atoms with Gasteiger partial charge >= 0.3 is 6.18 Å². The molecule has 0 N–H and O–H groups in total. The van der Waals surface area contributed by atoms with E-state index in [4.69, 9.17) is 0 Å². The molecule has 2 nitrogen and oxygen atoms in total.